The van der Waals surface area contributed by atoms with E-state index in [-0.39, 0.29) is 21.4 Å². The normalized spacial score (nSPS) is 29.6. The quantitative estimate of drug-likeness (QED) is 0.456. The van der Waals surface area contributed by atoms with Crippen LogP contribution in [0.1, 0.15) is 35.8 Å². The van der Waals surface area contributed by atoms with Gasteiger partial charge in [0.05, 0.1) is 26.3 Å². The predicted octanol–water partition coefficient (Wildman–Crippen LogP) is 5.26. The maximum atomic E-state index is 12.1. The lowest BCUT2D eigenvalue weighted by Gasteiger charge is -2.38. The van der Waals surface area contributed by atoms with E-state index < -0.39 is 0 Å². The van der Waals surface area contributed by atoms with Gasteiger partial charge in [-0.2, -0.15) is 0 Å². The number of aromatic nitrogens is 1. The number of aromatic amines is 1. The highest BCUT2D eigenvalue weighted by Crippen LogP contribution is 2.63. The van der Waals surface area contributed by atoms with Gasteiger partial charge in [-0.05, 0) is 55.2 Å². The van der Waals surface area contributed by atoms with Crippen LogP contribution in [0.2, 0.25) is 0 Å². The molecule has 6 nitrogen and oxygen atoms in total. The summed E-state index contributed by atoms with van der Waals surface area (Å²) < 4.78 is 6.26. The molecule has 2 fully saturated rings. The van der Waals surface area contributed by atoms with Crippen molar-refractivity contribution < 1.29 is 9.34 Å². The van der Waals surface area contributed by atoms with E-state index in [0.717, 1.165) is 15.7 Å². The number of hydrogen-bond donors (Lipinski definition) is 1. The Morgan fingerprint density at radius 3 is 2.83 bits per heavy atom. The second-order valence-electron chi connectivity index (χ2n) is 8.15. The summed E-state index contributed by atoms with van der Waals surface area (Å²) in [6.07, 6.45) is 3.78. The summed E-state index contributed by atoms with van der Waals surface area (Å²) in [5, 5.41) is 12.9. The number of benzene rings is 1. The van der Waals surface area contributed by atoms with E-state index in [1.807, 2.05) is 23.9 Å². The Bertz CT molecular complexity index is 1180. The van der Waals surface area contributed by atoms with Gasteiger partial charge in [-0.25, -0.2) is 0 Å². The molecule has 1 aliphatic heterocycles. The molecule has 2 aromatic heterocycles. The Kier molecular flexibility index (Phi) is 3.83. The molecule has 1 N–H and O–H groups in total. The summed E-state index contributed by atoms with van der Waals surface area (Å²) in [5.74, 6) is 3.20. The number of hydrogen-bond acceptors (Lipinski definition) is 6. The van der Waals surface area contributed by atoms with E-state index >= 15 is 0 Å². The number of fused-ring (bicyclic) bond motifs is 6. The maximum Gasteiger partial charge on any atom is 0.305 e. The van der Waals surface area contributed by atoms with Crippen LogP contribution in [0.3, 0.4) is 0 Å². The van der Waals surface area contributed by atoms with Crippen molar-refractivity contribution in [1.82, 2.24) is 4.98 Å². The Labute approximate surface area is 174 Å². The molecule has 8 heteroatoms. The molecule has 0 saturated heterocycles. The van der Waals surface area contributed by atoms with Crippen LogP contribution in [0.25, 0.3) is 11.3 Å². The predicted molar refractivity (Wildman–Crippen MR) is 112 cm³/mol. The molecule has 5 atom stereocenters. The summed E-state index contributed by atoms with van der Waals surface area (Å²) in [4.78, 5) is 27.2. The highest BCUT2D eigenvalue weighted by atomic mass is 32.2. The van der Waals surface area contributed by atoms with Crippen molar-refractivity contribution in [1.29, 1.82) is 0 Å². The van der Waals surface area contributed by atoms with Crippen LogP contribution in [0, 0.1) is 27.9 Å². The average molecular weight is 427 g/mol. The van der Waals surface area contributed by atoms with Crippen LogP contribution < -0.4 is 4.87 Å². The van der Waals surface area contributed by atoms with Crippen LogP contribution in [-0.4, -0.2) is 15.2 Å². The molecule has 6 rings (SSSR count). The number of nitrogens with one attached hydrogen (secondary N) is 1. The summed E-state index contributed by atoms with van der Waals surface area (Å²) in [7, 11) is 0. The van der Waals surface area contributed by atoms with Crippen molar-refractivity contribution in [2.75, 3.05) is 0 Å². The van der Waals surface area contributed by atoms with E-state index in [2.05, 4.69) is 4.98 Å². The number of furan rings is 1. The van der Waals surface area contributed by atoms with Gasteiger partial charge in [0.2, 0.25) is 0 Å². The van der Waals surface area contributed by atoms with E-state index in [9.17, 15) is 14.9 Å². The standard InChI is InChI=1S/C21H18N2O4S2/c24-21-22-20-19(29-21)17(16-10-5-6-11(9-10)18(16)28-20)15-8-7-14(27-15)12-3-1-2-4-13(12)23(25)26/h1-4,7-8,10-11,16-18H,5-6,9H2,(H,22,24)/t10-,11-,16+,17+,18-/m0/s1. The fourth-order valence-corrected chi connectivity index (χ4v) is 8.55. The van der Waals surface area contributed by atoms with E-state index in [1.165, 1.54) is 36.7 Å². The van der Waals surface area contributed by atoms with Crippen molar-refractivity contribution in [3.05, 3.63) is 66.8 Å². The maximum absolute atomic E-state index is 12.1. The van der Waals surface area contributed by atoms with Crippen LogP contribution in [0.4, 0.5) is 5.69 Å². The zero-order chi connectivity index (χ0) is 19.7. The summed E-state index contributed by atoms with van der Waals surface area (Å²) >= 11 is 3.13. The topological polar surface area (TPSA) is 89.1 Å². The first-order valence-electron chi connectivity index (χ1n) is 9.83. The third-order valence-corrected chi connectivity index (χ3v) is 9.39. The molecule has 3 aromatic rings. The van der Waals surface area contributed by atoms with Gasteiger partial charge >= 0.3 is 4.87 Å². The number of H-pyrrole nitrogens is 1. The summed E-state index contributed by atoms with van der Waals surface area (Å²) in [5.41, 5.74) is 0.526. The lowest BCUT2D eigenvalue weighted by atomic mass is 9.77. The molecule has 0 unspecified atom stereocenters. The minimum absolute atomic E-state index is 0.0229. The van der Waals surface area contributed by atoms with Gasteiger partial charge in [0, 0.05) is 11.3 Å². The zero-order valence-electron chi connectivity index (χ0n) is 15.4. The van der Waals surface area contributed by atoms with E-state index in [1.54, 1.807) is 18.2 Å². The van der Waals surface area contributed by atoms with Crippen LogP contribution >= 0.6 is 23.1 Å². The Morgan fingerprint density at radius 1 is 1.14 bits per heavy atom. The number of rotatable bonds is 3. The van der Waals surface area contributed by atoms with Gasteiger partial charge in [0.15, 0.2) is 0 Å². The van der Waals surface area contributed by atoms with E-state index in [0.29, 0.717) is 34.3 Å². The number of thioether (sulfide) groups is 1. The van der Waals surface area contributed by atoms with Gasteiger partial charge in [0.1, 0.15) is 11.5 Å². The zero-order valence-corrected chi connectivity index (χ0v) is 17.0. The van der Waals surface area contributed by atoms with E-state index in [4.69, 9.17) is 4.42 Å². The fraction of sp³-hybridized carbons (Fsp3) is 0.381. The number of nitrogens with zero attached hydrogens (tertiary/aromatic N) is 1. The van der Waals surface area contributed by atoms with Crippen molar-refractivity contribution in [2.24, 2.45) is 17.8 Å². The molecule has 29 heavy (non-hydrogen) atoms. The monoisotopic (exact) mass is 426 g/mol. The summed E-state index contributed by atoms with van der Waals surface area (Å²) in [6, 6.07) is 10.4. The molecule has 0 radical (unpaired) electrons. The number of para-hydroxylation sites is 1. The molecule has 2 bridgehead atoms. The molecular formula is C21H18N2O4S2. The molecule has 1 aromatic carbocycles. The molecular weight excluding hydrogens is 408 g/mol. The molecule has 0 amide bonds. The second-order valence-corrected chi connectivity index (χ2v) is 10.4. The third kappa shape index (κ3) is 2.58. The molecule has 2 aliphatic carbocycles. The van der Waals surface area contributed by atoms with Gasteiger partial charge in [-0.1, -0.05) is 23.5 Å². The average Bonchev–Trinajstić information content (AvgIpc) is 3.49. The van der Waals surface area contributed by atoms with Gasteiger partial charge < -0.3 is 9.40 Å². The Hall–Kier alpha value is -2.32. The minimum atomic E-state index is -0.378. The number of thiazole rings is 1. The molecule has 148 valence electrons. The molecule has 2 saturated carbocycles. The molecule has 3 aliphatic rings. The van der Waals surface area contributed by atoms with Crippen LogP contribution in [0.5, 0.6) is 0 Å². The Balaban J connectivity index is 1.47. The highest BCUT2D eigenvalue weighted by molar-refractivity contribution is 8.00. The van der Waals surface area contributed by atoms with Gasteiger partial charge in [-0.3, -0.25) is 14.9 Å². The lowest BCUT2D eigenvalue weighted by molar-refractivity contribution is -0.384. The molecule has 0 spiro atoms. The number of nitro benzene ring substituents is 1. The SMILES string of the molecule is O=c1[nH]c2c(s1)[C@H](c1ccc(-c3ccccc3[N+](=O)[O-])o1)[C@H]1[C@H]3CC[C@@H](C3)[C@@H]1S2. The van der Waals surface area contributed by atoms with Crippen molar-refractivity contribution >= 4 is 28.8 Å². The van der Waals surface area contributed by atoms with Crippen molar-refractivity contribution in [2.45, 2.75) is 35.5 Å². The minimum Gasteiger partial charge on any atom is -0.460 e. The first-order valence-corrected chi connectivity index (χ1v) is 11.5. The summed E-state index contributed by atoms with van der Waals surface area (Å²) in [6.45, 7) is 0. The second kappa shape index (κ2) is 6.34. The fourth-order valence-electron chi connectivity index (χ4n) is 5.67. The highest BCUT2D eigenvalue weighted by Gasteiger charge is 2.55. The number of nitro groups is 1. The Morgan fingerprint density at radius 2 is 1.97 bits per heavy atom. The lowest BCUT2D eigenvalue weighted by Crippen LogP contribution is -2.33. The smallest absolute Gasteiger partial charge is 0.305 e. The largest absolute Gasteiger partial charge is 0.460 e. The first kappa shape index (κ1) is 17.5. The van der Waals surface area contributed by atoms with Crippen molar-refractivity contribution in [3.63, 3.8) is 0 Å². The van der Waals surface area contributed by atoms with Crippen LogP contribution in [0.15, 0.2) is 50.6 Å². The van der Waals surface area contributed by atoms with Gasteiger partial charge in [-0.15, -0.1) is 11.8 Å². The molecule has 3 heterocycles. The van der Waals surface area contributed by atoms with Crippen molar-refractivity contribution in [3.8, 4) is 11.3 Å². The third-order valence-electron chi connectivity index (χ3n) is 6.76. The first-order chi connectivity index (χ1) is 14.1. The van der Waals surface area contributed by atoms with Crippen LogP contribution in [-0.2, 0) is 0 Å². The van der Waals surface area contributed by atoms with Gasteiger partial charge in [0.25, 0.3) is 5.69 Å².